The number of benzene rings is 1. The third kappa shape index (κ3) is 1.81. The Morgan fingerprint density at radius 2 is 2.24 bits per heavy atom. The number of fused-ring (bicyclic) bond motifs is 1. The van der Waals surface area contributed by atoms with E-state index in [2.05, 4.69) is 9.97 Å². The largest absolute Gasteiger partial charge is 0.342 e. The second-order valence-corrected chi connectivity index (χ2v) is 4.89. The number of aryl methyl sites for hydroxylation is 1. The summed E-state index contributed by atoms with van der Waals surface area (Å²) in [6.45, 7) is 1.98. The van der Waals surface area contributed by atoms with E-state index in [1.165, 1.54) is 0 Å². The van der Waals surface area contributed by atoms with E-state index in [1.54, 1.807) is 0 Å². The van der Waals surface area contributed by atoms with Crippen LogP contribution in [0.3, 0.4) is 0 Å². The third-order valence-electron chi connectivity index (χ3n) is 3.52. The molecule has 1 N–H and O–H groups in total. The van der Waals surface area contributed by atoms with Gasteiger partial charge in [0.25, 0.3) is 0 Å². The molecule has 0 aliphatic heterocycles. The number of aromatic amines is 1. The van der Waals surface area contributed by atoms with Gasteiger partial charge in [-0.2, -0.15) is 0 Å². The second-order valence-electron chi connectivity index (χ2n) is 4.89. The molecule has 90 valence electrons. The molecule has 1 fully saturated rings. The lowest BCUT2D eigenvalue weighted by Gasteiger charge is -2.07. The number of imidazole rings is 1. The molecule has 0 saturated heterocycles. The summed E-state index contributed by atoms with van der Waals surface area (Å²) in [5.41, 5.74) is 2.92. The van der Waals surface area contributed by atoms with Crippen molar-refractivity contribution in [3.63, 3.8) is 0 Å². The minimum atomic E-state index is -2.52. The molecule has 0 radical (unpaired) electrons. The molecule has 17 heavy (non-hydrogen) atoms. The van der Waals surface area contributed by atoms with Crippen molar-refractivity contribution in [2.75, 3.05) is 0 Å². The number of aromatic nitrogens is 2. The van der Waals surface area contributed by atoms with Crippen LogP contribution in [0.1, 0.15) is 36.6 Å². The van der Waals surface area contributed by atoms with Gasteiger partial charge in [0.2, 0.25) is 5.92 Å². The summed E-state index contributed by atoms with van der Waals surface area (Å²) >= 11 is 0. The van der Waals surface area contributed by atoms with E-state index in [0.29, 0.717) is 12.2 Å². The molecule has 1 atom stereocenters. The van der Waals surface area contributed by atoms with E-state index in [9.17, 15) is 8.78 Å². The Kier molecular flexibility index (Phi) is 2.21. The SMILES string of the molecule is Cc1cccc2[nH]c(C3CCC(F)(F)C3)nc12. The fourth-order valence-corrected chi connectivity index (χ4v) is 2.57. The molecule has 1 aromatic carbocycles. The first kappa shape index (κ1) is 10.7. The molecule has 0 bridgehead atoms. The Morgan fingerprint density at radius 3 is 2.88 bits per heavy atom. The number of hydrogen-bond donors (Lipinski definition) is 1. The average molecular weight is 236 g/mol. The number of nitrogens with one attached hydrogen (secondary N) is 1. The molecule has 2 nitrogen and oxygen atoms in total. The number of rotatable bonds is 1. The predicted molar refractivity (Wildman–Crippen MR) is 62.4 cm³/mol. The number of H-pyrrole nitrogens is 1. The molecular formula is C13H14F2N2. The van der Waals surface area contributed by atoms with E-state index in [-0.39, 0.29) is 18.8 Å². The van der Waals surface area contributed by atoms with Gasteiger partial charge in [-0.15, -0.1) is 0 Å². The number of nitrogens with zero attached hydrogens (tertiary/aromatic N) is 1. The molecule has 1 aromatic heterocycles. The Hall–Kier alpha value is -1.45. The summed E-state index contributed by atoms with van der Waals surface area (Å²) in [4.78, 5) is 7.64. The number of hydrogen-bond acceptors (Lipinski definition) is 1. The fourth-order valence-electron chi connectivity index (χ4n) is 2.57. The van der Waals surface area contributed by atoms with Crippen LogP contribution in [0.4, 0.5) is 8.78 Å². The second kappa shape index (κ2) is 3.52. The standard InChI is InChI=1S/C13H14F2N2/c1-8-3-2-4-10-11(8)17-12(16-10)9-5-6-13(14,15)7-9/h2-4,9H,5-7H2,1H3,(H,16,17). The minimum Gasteiger partial charge on any atom is -0.342 e. The topological polar surface area (TPSA) is 28.7 Å². The van der Waals surface area contributed by atoms with Gasteiger partial charge in [-0.05, 0) is 25.0 Å². The van der Waals surface area contributed by atoms with Crippen LogP contribution in [0.5, 0.6) is 0 Å². The highest BCUT2D eigenvalue weighted by molar-refractivity contribution is 5.78. The molecule has 2 aromatic rings. The molecule has 1 aliphatic carbocycles. The van der Waals surface area contributed by atoms with Crippen molar-refractivity contribution < 1.29 is 8.78 Å². The van der Waals surface area contributed by atoms with Gasteiger partial charge in [0.1, 0.15) is 5.82 Å². The van der Waals surface area contributed by atoms with E-state index in [1.807, 2.05) is 25.1 Å². The van der Waals surface area contributed by atoms with Crippen molar-refractivity contribution in [2.24, 2.45) is 0 Å². The van der Waals surface area contributed by atoms with Crippen molar-refractivity contribution in [1.29, 1.82) is 0 Å². The van der Waals surface area contributed by atoms with Gasteiger partial charge in [0.15, 0.2) is 0 Å². The molecule has 0 amide bonds. The van der Waals surface area contributed by atoms with Crippen LogP contribution < -0.4 is 0 Å². The van der Waals surface area contributed by atoms with Gasteiger partial charge in [0, 0.05) is 18.8 Å². The monoisotopic (exact) mass is 236 g/mol. The molecule has 4 heteroatoms. The molecule has 1 heterocycles. The van der Waals surface area contributed by atoms with Crippen molar-refractivity contribution in [2.45, 2.75) is 38.0 Å². The van der Waals surface area contributed by atoms with Crippen LogP contribution in [-0.4, -0.2) is 15.9 Å². The average Bonchev–Trinajstić information content (AvgIpc) is 2.82. The molecular weight excluding hydrogens is 222 g/mol. The van der Waals surface area contributed by atoms with Gasteiger partial charge < -0.3 is 4.98 Å². The van der Waals surface area contributed by atoms with Crippen LogP contribution in [0.2, 0.25) is 0 Å². The smallest absolute Gasteiger partial charge is 0.248 e. The van der Waals surface area contributed by atoms with Crippen molar-refractivity contribution in [1.82, 2.24) is 9.97 Å². The number of alkyl halides is 2. The number of para-hydroxylation sites is 1. The summed E-state index contributed by atoms with van der Waals surface area (Å²) in [5.74, 6) is -1.93. The first-order chi connectivity index (χ1) is 8.05. The highest BCUT2D eigenvalue weighted by Crippen LogP contribution is 2.43. The highest BCUT2D eigenvalue weighted by atomic mass is 19.3. The van der Waals surface area contributed by atoms with E-state index < -0.39 is 5.92 Å². The Bertz CT molecular complexity index is 560. The summed E-state index contributed by atoms with van der Waals surface area (Å²) in [6, 6.07) is 5.87. The van der Waals surface area contributed by atoms with Crippen molar-refractivity contribution in [3.8, 4) is 0 Å². The van der Waals surface area contributed by atoms with Crippen LogP contribution in [-0.2, 0) is 0 Å². The van der Waals surface area contributed by atoms with Gasteiger partial charge >= 0.3 is 0 Å². The quantitative estimate of drug-likeness (QED) is 0.802. The zero-order valence-electron chi connectivity index (χ0n) is 9.63. The first-order valence-corrected chi connectivity index (χ1v) is 5.88. The van der Waals surface area contributed by atoms with Crippen molar-refractivity contribution in [3.05, 3.63) is 29.6 Å². The van der Waals surface area contributed by atoms with Gasteiger partial charge in [-0.3, -0.25) is 0 Å². The van der Waals surface area contributed by atoms with Crippen LogP contribution >= 0.6 is 0 Å². The maximum absolute atomic E-state index is 13.2. The zero-order valence-corrected chi connectivity index (χ0v) is 9.63. The summed E-state index contributed by atoms with van der Waals surface area (Å²) < 4.78 is 26.3. The fraction of sp³-hybridized carbons (Fsp3) is 0.462. The van der Waals surface area contributed by atoms with E-state index >= 15 is 0 Å². The molecule has 1 unspecified atom stereocenters. The first-order valence-electron chi connectivity index (χ1n) is 5.88. The van der Waals surface area contributed by atoms with Crippen LogP contribution in [0.15, 0.2) is 18.2 Å². The normalized spacial score (nSPS) is 23.4. The maximum atomic E-state index is 13.2. The Morgan fingerprint density at radius 1 is 1.41 bits per heavy atom. The van der Waals surface area contributed by atoms with E-state index in [0.717, 1.165) is 16.6 Å². The van der Waals surface area contributed by atoms with Gasteiger partial charge in [-0.25, -0.2) is 13.8 Å². The van der Waals surface area contributed by atoms with Crippen molar-refractivity contribution >= 4 is 11.0 Å². The van der Waals surface area contributed by atoms with Gasteiger partial charge in [-0.1, -0.05) is 12.1 Å². The third-order valence-corrected chi connectivity index (χ3v) is 3.52. The predicted octanol–water partition coefficient (Wildman–Crippen LogP) is 3.77. The summed E-state index contributed by atoms with van der Waals surface area (Å²) in [7, 11) is 0. The van der Waals surface area contributed by atoms with Gasteiger partial charge in [0.05, 0.1) is 11.0 Å². The Balaban J connectivity index is 1.99. The Labute approximate surface area is 98.1 Å². The lowest BCUT2D eigenvalue weighted by Crippen LogP contribution is -2.09. The minimum absolute atomic E-state index is 0.0201. The lowest BCUT2D eigenvalue weighted by atomic mass is 10.1. The maximum Gasteiger partial charge on any atom is 0.248 e. The van der Waals surface area contributed by atoms with E-state index in [4.69, 9.17) is 0 Å². The molecule has 1 saturated carbocycles. The van der Waals surface area contributed by atoms with Crippen LogP contribution in [0.25, 0.3) is 11.0 Å². The van der Waals surface area contributed by atoms with Crippen LogP contribution in [0, 0.1) is 6.92 Å². The zero-order chi connectivity index (χ0) is 12.0. The molecule has 0 spiro atoms. The highest BCUT2D eigenvalue weighted by Gasteiger charge is 2.41. The number of halogens is 2. The summed E-state index contributed by atoms with van der Waals surface area (Å²) in [5, 5.41) is 0. The summed E-state index contributed by atoms with van der Waals surface area (Å²) in [6.07, 6.45) is 0.422. The lowest BCUT2D eigenvalue weighted by molar-refractivity contribution is 0.00756. The molecule has 3 rings (SSSR count). The molecule has 1 aliphatic rings.